The lowest BCUT2D eigenvalue weighted by Crippen LogP contribution is -1.77. The first-order valence-electron chi connectivity index (χ1n) is 6.52. The molecule has 94 valence electrons. The molecule has 1 heterocycles. The summed E-state index contributed by atoms with van der Waals surface area (Å²) in [5.41, 5.74) is 3.36. The number of fused-ring (bicyclic) bond motifs is 1. The van der Waals surface area contributed by atoms with Crippen molar-refractivity contribution >= 4 is 10.9 Å². The highest BCUT2D eigenvalue weighted by molar-refractivity contribution is 5.83. The quantitative estimate of drug-likeness (QED) is 0.637. The zero-order chi connectivity index (χ0) is 13.6. The van der Waals surface area contributed by atoms with Gasteiger partial charge in [0.1, 0.15) is 0 Å². The van der Waals surface area contributed by atoms with Crippen LogP contribution in [0.25, 0.3) is 10.9 Å². The molecule has 0 fully saturated rings. The number of aromatic nitrogens is 1. The Labute approximate surface area is 118 Å². The van der Waals surface area contributed by atoms with Gasteiger partial charge in [-0.3, -0.25) is 0 Å². The maximum atomic E-state index is 3.25. The van der Waals surface area contributed by atoms with Gasteiger partial charge in [-0.25, -0.2) is 0 Å². The normalized spacial score (nSPS) is 9.40. The van der Waals surface area contributed by atoms with Crippen LogP contribution in [-0.2, 0) is 6.42 Å². The standard InChI is InChI=1S/C19H13N/c1-3-9-16(10-4-1)11-5-2-6-12-17-15-20-19-14-8-7-13-18(17)19/h1,3-4,7-10,13-15,20H,12H2. The van der Waals surface area contributed by atoms with Crippen molar-refractivity contribution in [2.75, 3.05) is 0 Å². The molecule has 1 nitrogen and oxygen atoms in total. The average Bonchev–Trinajstić information content (AvgIpc) is 2.91. The summed E-state index contributed by atoms with van der Waals surface area (Å²) in [5.74, 6) is 11.9. The van der Waals surface area contributed by atoms with Crippen molar-refractivity contribution in [2.24, 2.45) is 0 Å². The number of rotatable bonds is 1. The van der Waals surface area contributed by atoms with Crippen LogP contribution in [0.2, 0.25) is 0 Å². The zero-order valence-electron chi connectivity index (χ0n) is 11.0. The first-order valence-corrected chi connectivity index (χ1v) is 6.52. The lowest BCUT2D eigenvalue weighted by atomic mass is 10.1. The van der Waals surface area contributed by atoms with Crippen LogP contribution in [0.4, 0.5) is 0 Å². The topological polar surface area (TPSA) is 15.8 Å². The van der Waals surface area contributed by atoms with Crippen LogP contribution >= 0.6 is 0 Å². The third-order valence-electron chi connectivity index (χ3n) is 3.09. The van der Waals surface area contributed by atoms with Crippen molar-refractivity contribution in [3.05, 3.63) is 71.9 Å². The smallest absolute Gasteiger partial charge is 0.0457 e. The predicted molar refractivity (Wildman–Crippen MR) is 83.1 cm³/mol. The summed E-state index contributed by atoms with van der Waals surface area (Å²) >= 11 is 0. The summed E-state index contributed by atoms with van der Waals surface area (Å²) in [7, 11) is 0. The van der Waals surface area contributed by atoms with E-state index in [-0.39, 0.29) is 0 Å². The molecule has 0 aliphatic rings. The van der Waals surface area contributed by atoms with E-state index >= 15 is 0 Å². The van der Waals surface area contributed by atoms with E-state index in [1.165, 1.54) is 10.9 Å². The molecule has 20 heavy (non-hydrogen) atoms. The van der Waals surface area contributed by atoms with Gasteiger partial charge in [0.25, 0.3) is 0 Å². The minimum absolute atomic E-state index is 0.716. The fourth-order valence-electron chi connectivity index (χ4n) is 2.09. The third-order valence-corrected chi connectivity index (χ3v) is 3.09. The molecule has 0 saturated carbocycles. The van der Waals surface area contributed by atoms with E-state index in [1.54, 1.807) is 0 Å². The molecular formula is C19H13N. The lowest BCUT2D eigenvalue weighted by Gasteiger charge is -1.90. The number of para-hydroxylation sites is 1. The van der Waals surface area contributed by atoms with Crippen LogP contribution < -0.4 is 0 Å². The van der Waals surface area contributed by atoms with Gasteiger partial charge >= 0.3 is 0 Å². The SMILES string of the molecule is C(C#Cc1ccccc1)#CCc1c[nH]c2ccccc12. The van der Waals surface area contributed by atoms with Crippen molar-refractivity contribution in [1.29, 1.82) is 0 Å². The van der Waals surface area contributed by atoms with Gasteiger partial charge in [-0.2, -0.15) is 0 Å². The molecule has 0 spiro atoms. The highest BCUT2D eigenvalue weighted by atomic mass is 14.7. The van der Waals surface area contributed by atoms with E-state index in [2.05, 4.69) is 40.8 Å². The number of nitrogens with one attached hydrogen (secondary N) is 1. The number of hydrogen-bond acceptors (Lipinski definition) is 0. The molecule has 0 saturated heterocycles. The van der Waals surface area contributed by atoms with Crippen molar-refractivity contribution in [2.45, 2.75) is 6.42 Å². The molecule has 1 N–H and O–H groups in total. The predicted octanol–water partition coefficient (Wildman–Crippen LogP) is 3.77. The summed E-state index contributed by atoms with van der Waals surface area (Å²) < 4.78 is 0. The van der Waals surface area contributed by atoms with Crippen LogP contribution in [0.5, 0.6) is 0 Å². The van der Waals surface area contributed by atoms with Gasteiger partial charge < -0.3 is 4.98 Å². The highest BCUT2D eigenvalue weighted by Gasteiger charge is 1.99. The second-order valence-electron chi connectivity index (χ2n) is 4.45. The average molecular weight is 255 g/mol. The Kier molecular flexibility index (Phi) is 3.54. The minimum Gasteiger partial charge on any atom is -0.361 e. The van der Waals surface area contributed by atoms with Gasteiger partial charge in [-0.1, -0.05) is 48.2 Å². The molecular weight excluding hydrogens is 242 g/mol. The van der Waals surface area contributed by atoms with Crippen LogP contribution in [-0.4, -0.2) is 4.98 Å². The van der Waals surface area contributed by atoms with E-state index in [0.29, 0.717) is 6.42 Å². The van der Waals surface area contributed by atoms with Gasteiger partial charge in [0, 0.05) is 29.1 Å². The molecule has 2 aromatic carbocycles. The molecule has 0 radical (unpaired) electrons. The fraction of sp³-hybridized carbons (Fsp3) is 0.0526. The van der Waals surface area contributed by atoms with Gasteiger partial charge in [-0.15, -0.1) is 0 Å². The summed E-state index contributed by atoms with van der Waals surface area (Å²) in [6.45, 7) is 0. The molecule has 0 unspecified atom stereocenters. The van der Waals surface area contributed by atoms with E-state index < -0.39 is 0 Å². The van der Waals surface area contributed by atoms with E-state index in [4.69, 9.17) is 0 Å². The first-order chi connectivity index (χ1) is 9.93. The summed E-state index contributed by atoms with van der Waals surface area (Å²) in [6.07, 6.45) is 2.73. The number of hydrogen-bond donors (Lipinski definition) is 1. The van der Waals surface area contributed by atoms with Crippen LogP contribution in [0.1, 0.15) is 11.1 Å². The Hall–Kier alpha value is -2.90. The molecule has 3 rings (SSSR count). The molecule has 0 aliphatic carbocycles. The number of benzene rings is 2. The molecule has 0 aliphatic heterocycles. The van der Waals surface area contributed by atoms with Gasteiger partial charge in [0.2, 0.25) is 0 Å². The Morgan fingerprint density at radius 2 is 1.65 bits per heavy atom. The van der Waals surface area contributed by atoms with Crippen molar-refractivity contribution in [3.63, 3.8) is 0 Å². The molecule has 3 aromatic rings. The van der Waals surface area contributed by atoms with E-state index in [1.807, 2.05) is 48.7 Å². The van der Waals surface area contributed by atoms with Gasteiger partial charge in [0.05, 0.1) is 0 Å². The number of H-pyrrole nitrogens is 1. The molecule has 0 atom stereocenters. The second-order valence-corrected chi connectivity index (χ2v) is 4.45. The Morgan fingerprint density at radius 1 is 0.850 bits per heavy atom. The molecule has 0 amide bonds. The third kappa shape index (κ3) is 2.74. The van der Waals surface area contributed by atoms with Crippen LogP contribution in [0.3, 0.4) is 0 Å². The van der Waals surface area contributed by atoms with Crippen molar-refractivity contribution in [3.8, 4) is 23.7 Å². The first kappa shape index (κ1) is 12.2. The maximum Gasteiger partial charge on any atom is 0.0457 e. The highest BCUT2D eigenvalue weighted by Crippen LogP contribution is 2.17. The number of aromatic amines is 1. The monoisotopic (exact) mass is 255 g/mol. The lowest BCUT2D eigenvalue weighted by molar-refractivity contribution is 1.33. The summed E-state index contributed by atoms with van der Waals surface area (Å²) in [5, 5.41) is 1.23. The van der Waals surface area contributed by atoms with Crippen LogP contribution in [0.15, 0.2) is 60.8 Å². The Balaban J connectivity index is 1.72. The Bertz CT molecular complexity index is 833. The van der Waals surface area contributed by atoms with Crippen molar-refractivity contribution < 1.29 is 0 Å². The van der Waals surface area contributed by atoms with Gasteiger partial charge in [-0.05, 0) is 35.6 Å². The molecule has 0 bridgehead atoms. The van der Waals surface area contributed by atoms with E-state index in [9.17, 15) is 0 Å². The maximum absolute atomic E-state index is 3.25. The largest absolute Gasteiger partial charge is 0.361 e. The van der Waals surface area contributed by atoms with E-state index in [0.717, 1.165) is 11.1 Å². The van der Waals surface area contributed by atoms with Crippen molar-refractivity contribution in [1.82, 2.24) is 4.98 Å². The fourth-order valence-corrected chi connectivity index (χ4v) is 2.09. The minimum atomic E-state index is 0.716. The van der Waals surface area contributed by atoms with Crippen LogP contribution in [0, 0.1) is 23.7 Å². The second kappa shape index (κ2) is 5.83. The molecule has 1 heteroatoms. The zero-order valence-corrected chi connectivity index (χ0v) is 11.0. The Morgan fingerprint density at radius 3 is 2.55 bits per heavy atom. The summed E-state index contributed by atoms with van der Waals surface area (Å²) in [6, 6.07) is 18.1. The van der Waals surface area contributed by atoms with Gasteiger partial charge in [0.15, 0.2) is 0 Å². The summed E-state index contributed by atoms with van der Waals surface area (Å²) in [4.78, 5) is 3.25. The molecule has 1 aromatic heterocycles.